The molecule has 1 aliphatic heterocycles. The fourth-order valence-electron chi connectivity index (χ4n) is 2.97. The van der Waals surface area contributed by atoms with E-state index in [2.05, 4.69) is 20.5 Å². The Hall–Kier alpha value is -2.17. The molecule has 142 valence electrons. The number of anilines is 1. The Morgan fingerprint density at radius 2 is 2.41 bits per heavy atom. The van der Waals surface area contributed by atoms with Gasteiger partial charge in [-0.15, -0.1) is 21.5 Å². The number of nitrogens with one attached hydrogen (secondary N) is 1. The Morgan fingerprint density at radius 1 is 1.52 bits per heavy atom. The smallest absolute Gasteiger partial charge is 0.230 e. The van der Waals surface area contributed by atoms with E-state index in [0.29, 0.717) is 23.2 Å². The van der Waals surface area contributed by atoms with E-state index >= 15 is 0 Å². The summed E-state index contributed by atoms with van der Waals surface area (Å²) in [5, 5.41) is 13.0. The highest BCUT2D eigenvalue weighted by atomic mass is 32.2. The van der Waals surface area contributed by atoms with E-state index in [1.807, 2.05) is 23.7 Å². The molecule has 0 aliphatic carbocycles. The number of nitrogens with two attached hydrogens (primary N) is 1. The number of thioether (sulfide) groups is 1. The number of hydrogen-bond acceptors (Lipinski definition) is 8. The van der Waals surface area contributed by atoms with Crippen LogP contribution in [0.1, 0.15) is 12.8 Å². The Kier molecular flexibility index (Phi) is 5.28. The molecule has 1 aliphatic rings. The number of rotatable bonds is 6. The lowest BCUT2D eigenvalue weighted by Crippen LogP contribution is -2.32. The number of thiophene rings is 1. The van der Waals surface area contributed by atoms with Crippen LogP contribution in [0.25, 0.3) is 20.9 Å². The Morgan fingerprint density at radius 3 is 3.19 bits per heavy atom. The Balaban J connectivity index is 1.42. The highest BCUT2D eigenvalue weighted by Gasteiger charge is 2.20. The van der Waals surface area contributed by atoms with Gasteiger partial charge in [-0.3, -0.25) is 4.79 Å². The van der Waals surface area contributed by atoms with E-state index in [1.165, 1.54) is 23.1 Å². The third kappa shape index (κ3) is 3.78. The molecule has 27 heavy (non-hydrogen) atoms. The van der Waals surface area contributed by atoms with Crippen LogP contribution in [0.5, 0.6) is 0 Å². The summed E-state index contributed by atoms with van der Waals surface area (Å²) < 4.78 is 7.37. The van der Waals surface area contributed by atoms with Gasteiger partial charge in [0, 0.05) is 31.8 Å². The van der Waals surface area contributed by atoms with Crippen LogP contribution >= 0.6 is 23.1 Å². The minimum atomic E-state index is -0.0365. The number of carbonyl (C=O) groups is 1. The first-order valence-corrected chi connectivity index (χ1v) is 10.5. The quantitative estimate of drug-likeness (QED) is 0.605. The van der Waals surface area contributed by atoms with Gasteiger partial charge in [-0.1, -0.05) is 11.8 Å². The van der Waals surface area contributed by atoms with E-state index in [-0.39, 0.29) is 17.8 Å². The average molecular weight is 405 g/mol. The van der Waals surface area contributed by atoms with Crippen molar-refractivity contribution in [3.05, 3.63) is 18.3 Å². The van der Waals surface area contributed by atoms with E-state index in [9.17, 15) is 4.79 Å². The summed E-state index contributed by atoms with van der Waals surface area (Å²) in [6.45, 7) is 1.35. The Bertz CT molecular complexity index is 964. The maximum absolute atomic E-state index is 12.1. The summed E-state index contributed by atoms with van der Waals surface area (Å²) in [7, 11) is 1.87. The molecule has 1 saturated heterocycles. The second-order valence-corrected chi connectivity index (χ2v) is 8.24. The largest absolute Gasteiger partial charge is 0.397 e. The molecule has 0 radical (unpaired) electrons. The highest BCUT2D eigenvalue weighted by Crippen LogP contribution is 2.39. The normalized spacial score (nSPS) is 16.9. The van der Waals surface area contributed by atoms with Crippen LogP contribution in [0, 0.1) is 0 Å². The molecule has 0 saturated carbocycles. The number of carbonyl (C=O) groups excluding carboxylic acids is 1. The second kappa shape index (κ2) is 7.83. The number of hydrogen-bond donors (Lipinski definition) is 2. The predicted molar refractivity (Wildman–Crippen MR) is 107 cm³/mol. The molecule has 3 aromatic heterocycles. The lowest BCUT2D eigenvalue weighted by Gasteiger charge is -2.10. The van der Waals surface area contributed by atoms with Crippen molar-refractivity contribution in [3.8, 4) is 10.7 Å². The third-order valence-corrected chi connectivity index (χ3v) is 6.57. The lowest BCUT2D eigenvalue weighted by molar-refractivity contribution is -0.119. The summed E-state index contributed by atoms with van der Waals surface area (Å²) in [6.07, 6.45) is 3.96. The zero-order valence-corrected chi connectivity index (χ0v) is 16.5. The van der Waals surface area contributed by atoms with Crippen molar-refractivity contribution in [1.82, 2.24) is 25.1 Å². The SMILES string of the molecule is Cn1c(SCC(=O)NCC2CCCO2)nnc1-c1sc2ncccc2c1N. The fourth-order valence-corrected chi connectivity index (χ4v) is 4.79. The topological polar surface area (TPSA) is 108 Å². The van der Waals surface area contributed by atoms with Crippen LogP contribution in [-0.4, -0.2) is 50.7 Å². The van der Waals surface area contributed by atoms with Crippen LogP contribution < -0.4 is 11.1 Å². The van der Waals surface area contributed by atoms with Crippen molar-refractivity contribution < 1.29 is 9.53 Å². The van der Waals surface area contributed by atoms with Crippen molar-refractivity contribution in [1.29, 1.82) is 0 Å². The Labute approximate surface area is 164 Å². The van der Waals surface area contributed by atoms with E-state index in [4.69, 9.17) is 10.5 Å². The minimum Gasteiger partial charge on any atom is -0.397 e. The number of fused-ring (bicyclic) bond motifs is 1. The van der Waals surface area contributed by atoms with Crippen LogP contribution in [0.3, 0.4) is 0 Å². The standard InChI is InChI=1S/C17H20N6O2S2/c1-23-15(14-13(18)11-5-2-6-19-16(11)27-14)21-22-17(23)26-9-12(24)20-8-10-4-3-7-25-10/h2,5-6,10H,3-4,7-9,18H2,1H3,(H,20,24). The zero-order valence-electron chi connectivity index (χ0n) is 14.8. The summed E-state index contributed by atoms with van der Waals surface area (Å²) in [4.78, 5) is 18.1. The van der Waals surface area contributed by atoms with Gasteiger partial charge in [0.25, 0.3) is 0 Å². The summed E-state index contributed by atoms with van der Waals surface area (Å²) in [5.74, 6) is 0.922. The van der Waals surface area contributed by atoms with Gasteiger partial charge >= 0.3 is 0 Å². The number of ether oxygens (including phenoxy) is 1. The van der Waals surface area contributed by atoms with Crippen LogP contribution in [0.15, 0.2) is 23.5 Å². The molecule has 4 rings (SSSR count). The fraction of sp³-hybridized carbons (Fsp3) is 0.412. The number of amides is 1. The first-order valence-electron chi connectivity index (χ1n) is 8.67. The van der Waals surface area contributed by atoms with Crippen molar-refractivity contribution in [2.75, 3.05) is 24.6 Å². The summed E-state index contributed by atoms with van der Waals surface area (Å²) in [6, 6.07) is 3.81. The van der Waals surface area contributed by atoms with Crippen molar-refractivity contribution in [3.63, 3.8) is 0 Å². The maximum Gasteiger partial charge on any atom is 0.230 e. The van der Waals surface area contributed by atoms with Gasteiger partial charge in [0.05, 0.1) is 22.4 Å². The molecule has 3 aromatic rings. The van der Waals surface area contributed by atoms with Crippen molar-refractivity contribution >= 4 is 44.9 Å². The van der Waals surface area contributed by atoms with E-state index < -0.39 is 0 Å². The van der Waals surface area contributed by atoms with Gasteiger partial charge in [0.1, 0.15) is 4.83 Å². The van der Waals surface area contributed by atoms with Crippen molar-refractivity contribution in [2.24, 2.45) is 7.05 Å². The van der Waals surface area contributed by atoms with Crippen LogP contribution in [0.4, 0.5) is 5.69 Å². The van der Waals surface area contributed by atoms with Crippen LogP contribution in [0.2, 0.25) is 0 Å². The monoisotopic (exact) mass is 404 g/mol. The van der Waals surface area contributed by atoms with Gasteiger partial charge in [0.15, 0.2) is 11.0 Å². The van der Waals surface area contributed by atoms with Crippen LogP contribution in [-0.2, 0) is 16.6 Å². The summed E-state index contributed by atoms with van der Waals surface area (Å²) in [5.41, 5.74) is 6.93. The molecular weight excluding hydrogens is 384 g/mol. The molecule has 3 N–H and O–H groups in total. The van der Waals surface area contributed by atoms with E-state index in [1.54, 1.807) is 6.20 Å². The van der Waals surface area contributed by atoms with Gasteiger partial charge < -0.3 is 20.4 Å². The number of nitrogen functional groups attached to an aromatic ring is 1. The average Bonchev–Trinajstić information content (AvgIpc) is 3.39. The first kappa shape index (κ1) is 18.2. The van der Waals surface area contributed by atoms with Crippen molar-refractivity contribution in [2.45, 2.75) is 24.1 Å². The van der Waals surface area contributed by atoms with Gasteiger partial charge in [-0.2, -0.15) is 0 Å². The molecule has 0 aromatic carbocycles. The highest BCUT2D eigenvalue weighted by molar-refractivity contribution is 7.99. The number of aromatic nitrogens is 4. The predicted octanol–water partition coefficient (Wildman–Crippen LogP) is 2.06. The molecule has 0 bridgehead atoms. The number of pyridine rings is 1. The third-order valence-electron chi connectivity index (χ3n) is 4.43. The van der Waals surface area contributed by atoms with Gasteiger partial charge in [-0.05, 0) is 25.0 Å². The molecule has 8 nitrogen and oxygen atoms in total. The zero-order chi connectivity index (χ0) is 18.8. The van der Waals surface area contributed by atoms with Gasteiger partial charge in [0.2, 0.25) is 5.91 Å². The molecule has 4 heterocycles. The first-order chi connectivity index (χ1) is 13.1. The molecular formula is C17H20N6O2S2. The minimum absolute atomic E-state index is 0.0365. The second-order valence-electron chi connectivity index (χ2n) is 6.29. The molecule has 1 amide bonds. The maximum atomic E-state index is 12.1. The molecule has 1 unspecified atom stereocenters. The van der Waals surface area contributed by atoms with Gasteiger partial charge in [-0.25, -0.2) is 4.98 Å². The molecule has 0 spiro atoms. The van der Waals surface area contributed by atoms with E-state index in [0.717, 1.165) is 34.5 Å². The molecule has 10 heteroatoms. The lowest BCUT2D eigenvalue weighted by atomic mass is 10.2. The summed E-state index contributed by atoms with van der Waals surface area (Å²) >= 11 is 2.84. The number of nitrogens with zero attached hydrogens (tertiary/aromatic N) is 4. The molecule has 1 atom stereocenters. The molecule has 1 fully saturated rings.